The minimum atomic E-state index is -0.661. The van der Waals surface area contributed by atoms with Crippen molar-refractivity contribution in [2.24, 2.45) is 0 Å². The number of carbonyl (C=O) groups excluding carboxylic acids is 1. The monoisotopic (exact) mass is 502 g/mol. The number of aromatic nitrogens is 1. The van der Waals surface area contributed by atoms with Crippen LogP contribution in [0.3, 0.4) is 0 Å². The van der Waals surface area contributed by atoms with Crippen LogP contribution in [0.5, 0.6) is 11.6 Å². The van der Waals surface area contributed by atoms with Crippen LogP contribution in [-0.4, -0.2) is 97.5 Å². The maximum atomic E-state index is 12.1. The van der Waals surface area contributed by atoms with Crippen molar-refractivity contribution < 1.29 is 29.2 Å². The van der Waals surface area contributed by atoms with E-state index in [2.05, 4.69) is 15.6 Å². The Kier molecular flexibility index (Phi) is 12.3. The van der Waals surface area contributed by atoms with Crippen molar-refractivity contribution in [3.05, 3.63) is 54.2 Å². The van der Waals surface area contributed by atoms with Crippen molar-refractivity contribution in [1.29, 1.82) is 0 Å². The molecule has 2 amide bonds. The van der Waals surface area contributed by atoms with Gasteiger partial charge in [-0.1, -0.05) is 18.2 Å². The molecule has 0 spiro atoms. The Labute approximate surface area is 212 Å². The molecule has 0 bridgehead atoms. The third-order valence-corrected chi connectivity index (χ3v) is 5.73. The zero-order valence-corrected chi connectivity index (χ0v) is 20.7. The molecule has 36 heavy (non-hydrogen) atoms. The van der Waals surface area contributed by atoms with Crippen LogP contribution in [0.25, 0.3) is 0 Å². The number of nitrogens with zero attached hydrogens (tertiary/aromatic N) is 2. The lowest BCUT2D eigenvalue weighted by Crippen LogP contribution is -2.47. The molecule has 1 fully saturated rings. The number of rotatable bonds is 15. The molecular formula is C26H38N4O6. The number of pyridine rings is 1. The van der Waals surface area contributed by atoms with Gasteiger partial charge >= 0.3 is 6.03 Å². The zero-order chi connectivity index (χ0) is 25.4. The molecule has 1 aromatic heterocycles. The number of hydrogen-bond acceptors (Lipinski definition) is 8. The average molecular weight is 503 g/mol. The van der Waals surface area contributed by atoms with Gasteiger partial charge in [0.05, 0.1) is 19.3 Å². The zero-order valence-electron chi connectivity index (χ0n) is 20.7. The second kappa shape index (κ2) is 15.9. The highest BCUT2D eigenvalue weighted by Crippen LogP contribution is 2.13. The summed E-state index contributed by atoms with van der Waals surface area (Å²) in [4.78, 5) is 17.9. The van der Waals surface area contributed by atoms with E-state index in [0.29, 0.717) is 77.0 Å². The number of urea groups is 1. The van der Waals surface area contributed by atoms with Crippen molar-refractivity contribution in [2.45, 2.75) is 31.5 Å². The molecule has 1 aromatic carbocycles. The van der Waals surface area contributed by atoms with E-state index in [1.807, 2.05) is 42.5 Å². The van der Waals surface area contributed by atoms with Gasteiger partial charge in [-0.15, -0.1) is 0 Å². The molecule has 2 aromatic rings. The lowest BCUT2D eigenvalue weighted by molar-refractivity contribution is 0.0936. The van der Waals surface area contributed by atoms with Crippen LogP contribution in [0.1, 0.15) is 18.4 Å². The number of aliphatic hydroxyl groups excluding tert-OH is 2. The third kappa shape index (κ3) is 10.8. The lowest BCUT2D eigenvalue weighted by atomic mass is 10.1. The van der Waals surface area contributed by atoms with Crippen LogP contribution in [0.15, 0.2) is 48.7 Å². The normalized spacial score (nSPS) is 14.9. The summed E-state index contributed by atoms with van der Waals surface area (Å²) < 4.78 is 16.8. The van der Waals surface area contributed by atoms with Gasteiger partial charge in [0.2, 0.25) is 5.88 Å². The molecule has 1 unspecified atom stereocenters. The largest absolute Gasteiger partial charge is 0.491 e. The van der Waals surface area contributed by atoms with Crippen molar-refractivity contribution in [2.75, 3.05) is 59.2 Å². The molecule has 1 atom stereocenters. The van der Waals surface area contributed by atoms with E-state index >= 15 is 0 Å². The standard InChI is InChI=1S/C26H38N4O6/c31-22-8-14-30(15-9-22)26(33)29-13-12-27-19-23(32)20-36-24-6-4-21(5-7-24)10-16-34-17-18-35-25-3-1-2-11-28-25/h1-7,11,22-23,27,31-32H,8-10,12-20H2,(H,29,33). The summed E-state index contributed by atoms with van der Waals surface area (Å²) in [5.74, 6) is 1.29. The average Bonchev–Trinajstić information content (AvgIpc) is 2.91. The van der Waals surface area contributed by atoms with E-state index in [4.69, 9.17) is 14.2 Å². The topological polar surface area (TPSA) is 125 Å². The summed E-state index contributed by atoms with van der Waals surface area (Å²) in [5, 5.41) is 25.6. The number of carbonyl (C=O) groups is 1. The van der Waals surface area contributed by atoms with Gasteiger partial charge in [-0.05, 0) is 43.0 Å². The van der Waals surface area contributed by atoms with Crippen LogP contribution in [-0.2, 0) is 11.2 Å². The Hall–Kier alpha value is -2.92. The summed E-state index contributed by atoms with van der Waals surface area (Å²) in [6.45, 7) is 4.26. The van der Waals surface area contributed by atoms with Crippen LogP contribution in [0.4, 0.5) is 4.79 Å². The van der Waals surface area contributed by atoms with Crippen LogP contribution >= 0.6 is 0 Å². The lowest BCUT2D eigenvalue weighted by Gasteiger charge is -2.29. The summed E-state index contributed by atoms with van der Waals surface area (Å²) in [6.07, 6.45) is 2.76. The molecule has 10 nitrogen and oxygen atoms in total. The number of ether oxygens (including phenoxy) is 3. The Morgan fingerprint density at radius 1 is 1.06 bits per heavy atom. The highest BCUT2D eigenvalue weighted by molar-refractivity contribution is 5.74. The van der Waals surface area contributed by atoms with Crippen molar-refractivity contribution >= 4 is 6.03 Å². The molecular weight excluding hydrogens is 464 g/mol. The summed E-state index contributed by atoms with van der Waals surface area (Å²) >= 11 is 0. The van der Waals surface area contributed by atoms with E-state index in [0.717, 1.165) is 12.0 Å². The second-order valence-corrected chi connectivity index (χ2v) is 8.64. The Morgan fingerprint density at radius 3 is 2.61 bits per heavy atom. The maximum Gasteiger partial charge on any atom is 0.317 e. The van der Waals surface area contributed by atoms with Crippen LogP contribution in [0, 0.1) is 0 Å². The smallest absolute Gasteiger partial charge is 0.317 e. The van der Waals surface area contributed by atoms with E-state index in [1.54, 1.807) is 11.1 Å². The number of aliphatic hydroxyl groups is 2. The summed E-state index contributed by atoms with van der Waals surface area (Å²) in [5.41, 5.74) is 1.14. The highest BCUT2D eigenvalue weighted by Gasteiger charge is 2.20. The van der Waals surface area contributed by atoms with Crippen LogP contribution < -0.4 is 20.1 Å². The fraction of sp³-hybridized carbons (Fsp3) is 0.538. The number of amides is 2. The van der Waals surface area contributed by atoms with Crippen molar-refractivity contribution in [1.82, 2.24) is 20.5 Å². The Balaban J connectivity index is 1.17. The van der Waals surface area contributed by atoms with Gasteiger partial charge in [0.15, 0.2) is 0 Å². The predicted molar refractivity (Wildman–Crippen MR) is 135 cm³/mol. The quantitative estimate of drug-likeness (QED) is 0.268. The fourth-order valence-corrected chi connectivity index (χ4v) is 3.64. The Morgan fingerprint density at radius 2 is 1.86 bits per heavy atom. The van der Waals surface area contributed by atoms with Crippen molar-refractivity contribution in [3.8, 4) is 11.6 Å². The fourth-order valence-electron chi connectivity index (χ4n) is 3.64. The molecule has 10 heteroatoms. The number of benzene rings is 1. The van der Waals surface area contributed by atoms with Crippen LogP contribution in [0.2, 0.25) is 0 Å². The SMILES string of the molecule is O=C(NCCNCC(O)COc1ccc(CCOCCOc2ccccn2)cc1)N1CCC(O)CC1. The molecule has 1 aliphatic rings. The van der Waals surface area contributed by atoms with Gasteiger partial charge in [-0.3, -0.25) is 0 Å². The third-order valence-electron chi connectivity index (χ3n) is 5.73. The number of hydrogen-bond donors (Lipinski definition) is 4. The first kappa shape index (κ1) is 27.7. The Bertz CT molecular complexity index is 862. The molecule has 0 aliphatic carbocycles. The number of nitrogens with one attached hydrogen (secondary N) is 2. The maximum absolute atomic E-state index is 12.1. The molecule has 0 radical (unpaired) electrons. The van der Waals surface area contributed by atoms with Gasteiger partial charge in [0.1, 0.15) is 25.1 Å². The van der Waals surface area contributed by atoms with E-state index < -0.39 is 6.10 Å². The van der Waals surface area contributed by atoms with Crippen molar-refractivity contribution in [3.63, 3.8) is 0 Å². The summed E-state index contributed by atoms with van der Waals surface area (Å²) in [6, 6.07) is 13.2. The van der Waals surface area contributed by atoms with Gasteiger partial charge in [-0.25, -0.2) is 9.78 Å². The molecule has 1 aliphatic heterocycles. The molecule has 3 rings (SSSR count). The first-order valence-electron chi connectivity index (χ1n) is 12.5. The summed E-state index contributed by atoms with van der Waals surface area (Å²) in [7, 11) is 0. The predicted octanol–water partition coefficient (Wildman–Crippen LogP) is 1.22. The minimum absolute atomic E-state index is 0.114. The minimum Gasteiger partial charge on any atom is -0.491 e. The molecule has 4 N–H and O–H groups in total. The first-order chi connectivity index (χ1) is 17.6. The highest BCUT2D eigenvalue weighted by atomic mass is 16.5. The van der Waals surface area contributed by atoms with Gasteiger partial charge in [-0.2, -0.15) is 0 Å². The molecule has 0 saturated carbocycles. The first-order valence-corrected chi connectivity index (χ1v) is 12.5. The van der Waals surface area contributed by atoms with Gasteiger partial charge < -0.3 is 40.0 Å². The molecule has 1 saturated heterocycles. The van der Waals surface area contributed by atoms with E-state index in [9.17, 15) is 15.0 Å². The number of piperidine rings is 1. The van der Waals surface area contributed by atoms with Gasteiger partial charge in [0.25, 0.3) is 0 Å². The number of likely N-dealkylation sites (tertiary alicyclic amines) is 1. The molecule has 2 heterocycles. The van der Waals surface area contributed by atoms with E-state index in [1.165, 1.54) is 0 Å². The molecule has 198 valence electrons. The van der Waals surface area contributed by atoms with E-state index in [-0.39, 0.29) is 18.7 Å². The second-order valence-electron chi connectivity index (χ2n) is 8.64. The van der Waals surface area contributed by atoms with Gasteiger partial charge in [0, 0.05) is 45.0 Å².